The summed E-state index contributed by atoms with van der Waals surface area (Å²) in [5.74, 6) is -1.04. The molecule has 0 saturated carbocycles. The second-order valence-corrected chi connectivity index (χ2v) is 9.52. The van der Waals surface area contributed by atoms with E-state index < -0.39 is 5.41 Å². The first kappa shape index (κ1) is 21.3. The number of rotatable bonds is 2. The molecule has 6 aromatic rings. The van der Waals surface area contributed by atoms with Gasteiger partial charge in [-0.3, -0.25) is 0 Å². The lowest BCUT2D eigenvalue weighted by atomic mass is 9.64. The van der Waals surface area contributed by atoms with Crippen LogP contribution in [0.15, 0.2) is 109 Å². The zero-order chi connectivity index (χ0) is 25.3. The molecular formula is C33H22O4. The molecule has 0 aromatic heterocycles. The van der Waals surface area contributed by atoms with Crippen LogP contribution in [0.5, 0.6) is 23.0 Å². The van der Waals surface area contributed by atoms with Crippen LogP contribution in [-0.2, 0) is 5.41 Å². The summed E-state index contributed by atoms with van der Waals surface area (Å²) in [6.07, 6.45) is 0. The summed E-state index contributed by atoms with van der Waals surface area (Å²) < 4.78 is 0. The van der Waals surface area contributed by atoms with E-state index in [0.29, 0.717) is 11.1 Å². The third kappa shape index (κ3) is 2.67. The van der Waals surface area contributed by atoms with Gasteiger partial charge < -0.3 is 20.4 Å². The van der Waals surface area contributed by atoms with Crippen LogP contribution in [-0.4, -0.2) is 20.4 Å². The molecular weight excluding hydrogens is 460 g/mol. The predicted molar refractivity (Wildman–Crippen MR) is 145 cm³/mol. The SMILES string of the molecule is Oc1cc2ccccc2c(C2(c3c(O)c(O)cc4ccccc34)c3ccccc3-c3ccccc32)c1O. The summed E-state index contributed by atoms with van der Waals surface area (Å²) in [6, 6.07) is 34.1. The minimum Gasteiger partial charge on any atom is -0.504 e. The maximum Gasteiger partial charge on any atom is 0.162 e. The van der Waals surface area contributed by atoms with Crippen LogP contribution in [0.1, 0.15) is 22.3 Å². The minimum absolute atomic E-state index is 0.251. The van der Waals surface area contributed by atoms with Crippen LogP contribution in [0.2, 0.25) is 0 Å². The number of phenols is 4. The molecule has 0 atom stereocenters. The molecule has 178 valence electrons. The van der Waals surface area contributed by atoms with Gasteiger partial charge in [-0.2, -0.15) is 0 Å². The highest BCUT2D eigenvalue weighted by atomic mass is 16.3. The Labute approximate surface area is 213 Å². The van der Waals surface area contributed by atoms with Gasteiger partial charge in [0.2, 0.25) is 0 Å². The van der Waals surface area contributed by atoms with Crippen molar-refractivity contribution in [3.8, 4) is 34.1 Å². The zero-order valence-corrected chi connectivity index (χ0v) is 19.7. The number of aromatic hydroxyl groups is 4. The van der Waals surface area contributed by atoms with E-state index in [1.807, 2.05) is 97.1 Å². The largest absolute Gasteiger partial charge is 0.504 e. The van der Waals surface area contributed by atoms with Gasteiger partial charge >= 0.3 is 0 Å². The van der Waals surface area contributed by atoms with Crippen molar-refractivity contribution in [2.75, 3.05) is 0 Å². The van der Waals surface area contributed by atoms with E-state index in [1.54, 1.807) is 12.1 Å². The Kier molecular flexibility index (Phi) is 4.33. The average molecular weight is 483 g/mol. The van der Waals surface area contributed by atoms with Crippen molar-refractivity contribution < 1.29 is 20.4 Å². The van der Waals surface area contributed by atoms with Gasteiger partial charge in [-0.15, -0.1) is 0 Å². The molecule has 1 aliphatic carbocycles. The zero-order valence-electron chi connectivity index (χ0n) is 19.7. The van der Waals surface area contributed by atoms with E-state index in [9.17, 15) is 20.4 Å². The predicted octanol–water partition coefficient (Wildman–Crippen LogP) is 7.18. The number of fused-ring (bicyclic) bond motifs is 5. The highest BCUT2D eigenvalue weighted by Crippen LogP contribution is 2.63. The van der Waals surface area contributed by atoms with Crippen LogP contribution in [0, 0.1) is 0 Å². The van der Waals surface area contributed by atoms with E-state index in [0.717, 1.165) is 43.8 Å². The van der Waals surface area contributed by atoms with Crippen molar-refractivity contribution in [2.24, 2.45) is 0 Å². The van der Waals surface area contributed by atoms with Crippen molar-refractivity contribution in [1.82, 2.24) is 0 Å². The summed E-state index contributed by atoms with van der Waals surface area (Å²) in [5.41, 5.74) is 3.24. The smallest absolute Gasteiger partial charge is 0.162 e. The van der Waals surface area contributed by atoms with Crippen molar-refractivity contribution in [1.29, 1.82) is 0 Å². The van der Waals surface area contributed by atoms with Gasteiger partial charge in [0.25, 0.3) is 0 Å². The normalized spacial score (nSPS) is 13.5. The van der Waals surface area contributed by atoms with Crippen molar-refractivity contribution >= 4 is 21.5 Å². The van der Waals surface area contributed by atoms with Crippen LogP contribution >= 0.6 is 0 Å². The van der Waals surface area contributed by atoms with E-state index in [4.69, 9.17) is 0 Å². The molecule has 0 heterocycles. The lowest BCUT2D eigenvalue weighted by Crippen LogP contribution is -2.29. The monoisotopic (exact) mass is 482 g/mol. The van der Waals surface area contributed by atoms with Crippen LogP contribution < -0.4 is 0 Å². The maximum atomic E-state index is 11.7. The Bertz CT molecular complexity index is 1750. The van der Waals surface area contributed by atoms with Gasteiger partial charge in [-0.25, -0.2) is 0 Å². The van der Waals surface area contributed by atoms with Gasteiger partial charge in [0, 0.05) is 11.1 Å². The molecule has 0 aliphatic heterocycles. The highest BCUT2D eigenvalue weighted by Gasteiger charge is 2.51. The number of hydrogen-bond donors (Lipinski definition) is 4. The molecule has 4 heteroatoms. The van der Waals surface area contributed by atoms with Gasteiger partial charge in [0.15, 0.2) is 23.0 Å². The summed E-state index contributed by atoms with van der Waals surface area (Å²) in [6.45, 7) is 0. The summed E-state index contributed by atoms with van der Waals surface area (Å²) in [7, 11) is 0. The topological polar surface area (TPSA) is 80.9 Å². The third-order valence-corrected chi connectivity index (χ3v) is 7.71. The molecule has 0 saturated heterocycles. The Balaban J connectivity index is 1.83. The highest BCUT2D eigenvalue weighted by molar-refractivity contribution is 6.02. The van der Waals surface area contributed by atoms with Crippen LogP contribution in [0.4, 0.5) is 0 Å². The third-order valence-electron chi connectivity index (χ3n) is 7.71. The Hall–Kier alpha value is -4.96. The van der Waals surface area contributed by atoms with Crippen LogP contribution in [0.3, 0.4) is 0 Å². The molecule has 0 unspecified atom stereocenters. The summed E-state index contributed by atoms with van der Waals surface area (Å²) in [4.78, 5) is 0. The first-order chi connectivity index (χ1) is 18.0. The molecule has 4 nitrogen and oxygen atoms in total. The molecule has 0 fully saturated rings. The Morgan fingerprint density at radius 1 is 0.432 bits per heavy atom. The number of hydrogen-bond acceptors (Lipinski definition) is 4. The fourth-order valence-corrected chi connectivity index (χ4v) is 6.30. The Morgan fingerprint density at radius 3 is 1.27 bits per heavy atom. The second kappa shape index (κ2) is 7.52. The summed E-state index contributed by atoms with van der Waals surface area (Å²) >= 11 is 0. The van der Waals surface area contributed by atoms with Gasteiger partial charge in [0.1, 0.15) is 0 Å². The second-order valence-electron chi connectivity index (χ2n) is 9.52. The Morgan fingerprint density at radius 2 is 0.811 bits per heavy atom. The minimum atomic E-state index is -1.25. The molecule has 4 N–H and O–H groups in total. The molecule has 0 radical (unpaired) electrons. The van der Waals surface area contributed by atoms with Gasteiger partial charge in [-0.05, 0) is 55.9 Å². The van der Waals surface area contributed by atoms with E-state index >= 15 is 0 Å². The van der Waals surface area contributed by atoms with E-state index in [2.05, 4.69) is 0 Å². The molecule has 1 aliphatic rings. The quantitative estimate of drug-likeness (QED) is 0.197. The first-order valence-electron chi connectivity index (χ1n) is 12.1. The van der Waals surface area contributed by atoms with Gasteiger partial charge in [0.05, 0.1) is 5.41 Å². The molecule has 7 rings (SSSR count). The van der Waals surface area contributed by atoms with Gasteiger partial charge in [-0.1, -0.05) is 97.1 Å². The molecule has 0 spiro atoms. The van der Waals surface area contributed by atoms with Crippen molar-refractivity contribution in [2.45, 2.75) is 5.41 Å². The maximum absolute atomic E-state index is 11.7. The standard InChI is InChI=1S/C33H22O4/c34-27-17-19-9-1-3-11-21(19)29(31(27)36)33(30-22-12-4-2-10-20(22)18-28(35)32(30)37)25-15-7-5-13-23(25)24-14-6-8-16-26(24)33/h1-18,34-37H. The fraction of sp³-hybridized carbons (Fsp3) is 0.0303. The number of benzene rings is 6. The molecule has 0 bridgehead atoms. The first-order valence-corrected chi connectivity index (χ1v) is 12.1. The van der Waals surface area contributed by atoms with E-state index in [-0.39, 0.29) is 23.0 Å². The lowest BCUT2D eigenvalue weighted by molar-refractivity contribution is 0.389. The summed E-state index contributed by atoms with van der Waals surface area (Å²) in [5, 5.41) is 48.3. The average Bonchev–Trinajstić information content (AvgIpc) is 3.21. The molecule has 37 heavy (non-hydrogen) atoms. The van der Waals surface area contributed by atoms with Crippen molar-refractivity contribution in [3.63, 3.8) is 0 Å². The van der Waals surface area contributed by atoms with Crippen molar-refractivity contribution in [3.05, 3.63) is 131 Å². The molecule has 0 amide bonds. The van der Waals surface area contributed by atoms with Crippen LogP contribution in [0.25, 0.3) is 32.7 Å². The molecule has 6 aromatic carbocycles. The lowest BCUT2D eigenvalue weighted by Gasteiger charge is -2.36. The number of phenolic OH excluding ortho intramolecular Hbond substituents is 4. The fourth-order valence-electron chi connectivity index (χ4n) is 6.30. The van der Waals surface area contributed by atoms with E-state index in [1.165, 1.54) is 0 Å².